The summed E-state index contributed by atoms with van der Waals surface area (Å²) < 4.78 is 0. The Kier molecular flexibility index (Phi) is 2.37. The number of nitrogens with zero attached hydrogens (tertiary/aromatic N) is 2. The lowest BCUT2D eigenvalue weighted by Gasteiger charge is -2.26. The maximum atomic E-state index is 10.7. The van der Waals surface area contributed by atoms with Crippen molar-refractivity contribution >= 4 is 11.8 Å². The Morgan fingerprint density at radius 1 is 1.40 bits per heavy atom. The summed E-state index contributed by atoms with van der Waals surface area (Å²) in [7, 11) is 0. The van der Waals surface area contributed by atoms with E-state index in [1.54, 1.807) is 18.2 Å². The van der Waals surface area contributed by atoms with Crippen LogP contribution in [0.2, 0.25) is 0 Å². The molecule has 0 aromatic heterocycles. The molecule has 0 atom stereocenters. The van der Waals surface area contributed by atoms with Gasteiger partial charge >= 0.3 is 6.09 Å². The standard InChI is InChI=1S/C10H10N2O3/c13-10(14)12-4-3-7-5-9(11-15)2-1-8(7)6-12/h1-2,5H,3-4,6H2,(H,13,14). The van der Waals surface area contributed by atoms with Crippen molar-refractivity contribution in [3.63, 3.8) is 0 Å². The van der Waals surface area contributed by atoms with E-state index >= 15 is 0 Å². The topological polar surface area (TPSA) is 70.0 Å². The zero-order valence-electron chi connectivity index (χ0n) is 8.01. The molecule has 5 heteroatoms. The summed E-state index contributed by atoms with van der Waals surface area (Å²) in [5, 5.41) is 11.7. The SMILES string of the molecule is O=Nc1ccc2c(c1)CCN(C(=O)O)C2. The maximum absolute atomic E-state index is 10.7. The van der Waals surface area contributed by atoms with Crippen LogP contribution in [0.25, 0.3) is 0 Å². The van der Waals surface area contributed by atoms with Crippen LogP contribution in [0, 0.1) is 4.91 Å². The first-order valence-electron chi connectivity index (χ1n) is 4.64. The van der Waals surface area contributed by atoms with Crippen LogP contribution < -0.4 is 0 Å². The first-order valence-corrected chi connectivity index (χ1v) is 4.64. The molecule has 0 saturated carbocycles. The fraction of sp³-hybridized carbons (Fsp3) is 0.300. The van der Waals surface area contributed by atoms with Gasteiger partial charge in [-0.3, -0.25) is 0 Å². The van der Waals surface area contributed by atoms with Gasteiger partial charge in [0.2, 0.25) is 0 Å². The van der Waals surface area contributed by atoms with Crippen LogP contribution in [-0.4, -0.2) is 22.6 Å². The van der Waals surface area contributed by atoms with Gasteiger partial charge in [0.15, 0.2) is 0 Å². The molecule has 0 radical (unpaired) electrons. The molecule has 1 aliphatic rings. The first kappa shape index (κ1) is 9.64. The Morgan fingerprint density at radius 3 is 2.87 bits per heavy atom. The quantitative estimate of drug-likeness (QED) is 0.715. The lowest BCUT2D eigenvalue weighted by atomic mass is 9.99. The molecule has 2 rings (SSSR count). The molecule has 0 unspecified atom stereocenters. The largest absolute Gasteiger partial charge is 0.465 e. The lowest BCUT2D eigenvalue weighted by molar-refractivity contribution is 0.140. The van der Waals surface area contributed by atoms with E-state index in [1.807, 2.05) is 0 Å². The third-order valence-corrected chi connectivity index (χ3v) is 2.58. The molecular formula is C10H10N2O3. The molecule has 1 N–H and O–H groups in total. The van der Waals surface area contributed by atoms with Crippen molar-refractivity contribution < 1.29 is 9.90 Å². The molecule has 15 heavy (non-hydrogen) atoms. The summed E-state index contributed by atoms with van der Waals surface area (Å²) >= 11 is 0. The first-order chi connectivity index (χ1) is 7.20. The van der Waals surface area contributed by atoms with Crippen molar-refractivity contribution in [1.82, 2.24) is 4.90 Å². The average Bonchev–Trinajstić information content (AvgIpc) is 2.27. The second kappa shape index (κ2) is 3.68. The van der Waals surface area contributed by atoms with Crippen LogP contribution in [0.1, 0.15) is 11.1 Å². The Bertz CT molecular complexity index is 417. The van der Waals surface area contributed by atoms with Crippen LogP contribution >= 0.6 is 0 Å². The van der Waals surface area contributed by atoms with Crippen molar-refractivity contribution in [3.05, 3.63) is 34.2 Å². The molecule has 1 heterocycles. The fourth-order valence-corrected chi connectivity index (χ4v) is 1.76. The number of carboxylic acid groups (broad SMARTS) is 1. The minimum Gasteiger partial charge on any atom is -0.465 e. The van der Waals surface area contributed by atoms with Crippen LogP contribution in [0.5, 0.6) is 0 Å². The Morgan fingerprint density at radius 2 is 2.20 bits per heavy atom. The van der Waals surface area contributed by atoms with Crippen molar-refractivity contribution in [2.75, 3.05) is 6.54 Å². The molecular weight excluding hydrogens is 196 g/mol. The van der Waals surface area contributed by atoms with E-state index in [9.17, 15) is 9.70 Å². The van der Waals surface area contributed by atoms with E-state index in [0.29, 0.717) is 25.2 Å². The van der Waals surface area contributed by atoms with Gasteiger partial charge in [0, 0.05) is 13.1 Å². The fourth-order valence-electron chi connectivity index (χ4n) is 1.76. The second-order valence-electron chi connectivity index (χ2n) is 3.50. The number of hydrogen-bond donors (Lipinski definition) is 1. The van der Waals surface area contributed by atoms with Gasteiger partial charge in [0.05, 0.1) is 0 Å². The Labute approximate surface area is 86.3 Å². The van der Waals surface area contributed by atoms with Gasteiger partial charge in [0.1, 0.15) is 5.69 Å². The molecule has 1 aromatic carbocycles. The zero-order chi connectivity index (χ0) is 10.8. The highest BCUT2D eigenvalue weighted by Crippen LogP contribution is 2.23. The number of amides is 1. The lowest BCUT2D eigenvalue weighted by Crippen LogP contribution is -2.34. The van der Waals surface area contributed by atoms with E-state index in [-0.39, 0.29) is 0 Å². The number of carbonyl (C=O) groups is 1. The molecule has 1 aliphatic heterocycles. The molecule has 0 aliphatic carbocycles. The van der Waals surface area contributed by atoms with Crippen molar-refractivity contribution in [2.45, 2.75) is 13.0 Å². The van der Waals surface area contributed by atoms with Crippen LogP contribution in [0.4, 0.5) is 10.5 Å². The van der Waals surface area contributed by atoms with Gasteiger partial charge in [-0.2, -0.15) is 0 Å². The smallest absolute Gasteiger partial charge is 0.407 e. The van der Waals surface area contributed by atoms with Gasteiger partial charge in [-0.25, -0.2) is 4.79 Å². The number of hydrogen-bond acceptors (Lipinski definition) is 3. The summed E-state index contributed by atoms with van der Waals surface area (Å²) in [5.74, 6) is 0. The van der Waals surface area contributed by atoms with Crippen molar-refractivity contribution in [1.29, 1.82) is 0 Å². The predicted molar refractivity (Wildman–Crippen MR) is 54.0 cm³/mol. The maximum Gasteiger partial charge on any atom is 0.407 e. The Balaban J connectivity index is 2.28. The van der Waals surface area contributed by atoms with Crippen LogP contribution in [0.3, 0.4) is 0 Å². The number of benzene rings is 1. The molecule has 5 nitrogen and oxygen atoms in total. The number of fused-ring (bicyclic) bond motifs is 1. The number of nitroso groups, excluding NO2 is 1. The summed E-state index contributed by atoms with van der Waals surface area (Å²) in [6.07, 6.45) is -0.261. The normalized spacial score (nSPS) is 14.5. The highest BCUT2D eigenvalue weighted by molar-refractivity contribution is 5.65. The zero-order valence-corrected chi connectivity index (χ0v) is 8.01. The van der Waals surface area contributed by atoms with Gasteiger partial charge in [0.25, 0.3) is 0 Å². The van der Waals surface area contributed by atoms with Gasteiger partial charge < -0.3 is 10.0 Å². The van der Waals surface area contributed by atoms with Gasteiger partial charge in [-0.15, -0.1) is 4.91 Å². The third kappa shape index (κ3) is 1.81. The molecule has 1 aromatic rings. The second-order valence-corrected chi connectivity index (χ2v) is 3.50. The highest BCUT2D eigenvalue weighted by Gasteiger charge is 2.19. The van der Waals surface area contributed by atoms with E-state index in [2.05, 4.69) is 5.18 Å². The highest BCUT2D eigenvalue weighted by atomic mass is 16.4. The van der Waals surface area contributed by atoms with E-state index < -0.39 is 6.09 Å². The molecule has 0 bridgehead atoms. The van der Waals surface area contributed by atoms with Crippen LogP contribution in [-0.2, 0) is 13.0 Å². The summed E-state index contributed by atoms with van der Waals surface area (Å²) in [4.78, 5) is 22.4. The monoisotopic (exact) mass is 206 g/mol. The van der Waals surface area contributed by atoms with Gasteiger partial charge in [-0.1, -0.05) is 6.07 Å². The van der Waals surface area contributed by atoms with E-state index in [4.69, 9.17) is 5.11 Å². The third-order valence-electron chi connectivity index (χ3n) is 2.58. The minimum absolute atomic E-state index is 0.393. The molecule has 78 valence electrons. The summed E-state index contributed by atoms with van der Waals surface area (Å²) in [6.45, 7) is 0.869. The van der Waals surface area contributed by atoms with Crippen LogP contribution in [0.15, 0.2) is 23.4 Å². The number of rotatable bonds is 1. The van der Waals surface area contributed by atoms with E-state index in [0.717, 1.165) is 11.1 Å². The van der Waals surface area contributed by atoms with Crippen molar-refractivity contribution in [2.24, 2.45) is 5.18 Å². The van der Waals surface area contributed by atoms with E-state index in [1.165, 1.54) is 4.90 Å². The molecule has 0 spiro atoms. The predicted octanol–water partition coefficient (Wildman–Crippen LogP) is 2.12. The molecule has 0 saturated heterocycles. The minimum atomic E-state index is -0.904. The summed E-state index contributed by atoms with van der Waals surface area (Å²) in [5.41, 5.74) is 2.37. The molecule has 0 fully saturated rings. The van der Waals surface area contributed by atoms with Crippen molar-refractivity contribution in [3.8, 4) is 0 Å². The van der Waals surface area contributed by atoms with Gasteiger partial charge in [-0.05, 0) is 34.9 Å². The molecule has 1 amide bonds. The Hall–Kier alpha value is -1.91. The summed E-state index contributed by atoms with van der Waals surface area (Å²) in [6, 6.07) is 5.10. The average molecular weight is 206 g/mol.